The van der Waals surface area contributed by atoms with Crippen LogP contribution in [0.3, 0.4) is 0 Å². The van der Waals surface area contributed by atoms with E-state index in [1.807, 2.05) is 25.2 Å². The summed E-state index contributed by atoms with van der Waals surface area (Å²) in [7, 11) is 0. The molecule has 0 saturated carbocycles. The van der Waals surface area contributed by atoms with Gasteiger partial charge in [-0.15, -0.1) is 11.8 Å². The Labute approximate surface area is 114 Å². The van der Waals surface area contributed by atoms with Gasteiger partial charge >= 0.3 is 5.97 Å². The highest BCUT2D eigenvalue weighted by atomic mass is 32.2. The maximum atomic E-state index is 10.3. The van der Waals surface area contributed by atoms with Crippen LogP contribution in [0, 0.1) is 0 Å². The molecule has 0 aromatic rings. The predicted octanol–water partition coefficient (Wildman–Crippen LogP) is 3.60. The van der Waals surface area contributed by atoms with Crippen molar-refractivity contribution in [2.75, 3.05) is 12.4 Å². The topological polar surface area (TPSA) is 57.5 Å². The predicted molar refractivity (Wildman–Crippen MR) is 77.8 cm³/mol. The third kappa shape index (κ3) is 11.7. The molecule has 0 unspecified atom stereocenters. The summed E-state index contributed by atoms with van der Waals surface area (Å²) >= 11 is 1.76. The minimum atomic E-state index is -0.698. The lowest BCUT2D eigenvalue weighted by Gasteiger charge is -2.02. The first-order valence-corrected chi connectivity index (χ1v) is 7.47. The molecule has 4 heteroatoms. The summed E-state index contributed by atoms with van der Waals surface area (Å²) in [6, 6.07) is 0. The molecule has 0 atom stereocenters. The molecule has 0 bridgehead atoms. The Bertz CT molecular complexity index is 272. The number of hydrogen-bond donors (Lipinski definition) is 2. The largest absolute Gasteiger partial charge is 0.481 e. The summed E-state index contributed by atoms with van der Waals surface area (Å²) in [6.45, 7) is 2.05. The normalized spacial score (nSPS) is 12.2. The average Bonchev–Trinajstić information content (AvgIpc) is 2.32. The van der Waals surface area contributed by atoms with E-state index in [9.17, 15) is 4.79 Å². The number of unbranched alkanes of at least 4 members (excludes halogenated alkanes) is 4. The Balaban J connectivity index is 3.44. The number of aliphatic hydroxyl groups excluding tert-OH is 1. The van der Waals surface area contributed by atoms with Gasteiger partial charge in [-0.1, -0.05) is 31.4 Å². The van der Waals surface area contributed by atoms with Gasteiger partial charge in [-0.25, -0.2) is 0 Å². The second-order valence-corrected chi connectivity index (χ2v) is 5.22. The van der Waals surface area contributed by atoms with E-state index in [1.54, 1.807) is 11.8 Å². The van der Waals surface area contributed by atoms with Crippen LogP contribution in [-0.2, 0) is 4.79 Å². The smallest absolute Gasteiger partial charge is 0.303 e. The van der Waals surface area contributed by atoms with Crippen LogP contribution in [0.1, 0.15) is 45.4 Å². The number of hydrogen-bond acceptors (Lipinski definition) is 3. The molecule has 3 nitrogen and oxygen atoms in total. The maximum Gasteiger partial charge on any atom is 0.303 e. The average molecular weight is 272 g/mol. The van der Waals surface area contributed by atoms with Crippen molar-refractivity contribution >= 4 is 17.7 Å². The first-order valence-electron chi connectivity index (χ1n) is 6.49. The molecule has 0 spiro atoms. The number of carboxylic acids is 1. The summed E-state index contributed by atoms with van der Waals surface area (Å²) in [6.07, 6.45) is 11.3. The molecule has 0 aliphatic carbocycles. The first kappa shape index (κ1) is 17.3. The van der Waals surface area contributed by atoms with Crippen molar-refractivity contribution in [2.45, 2.75) is 45.4 Å². The van der Waals surface area contributed by atoms with Gasteiger partial charge in [0.2, 0.25) is 0 Å². The van der Waals surface area contributed by atoms with Crippen LogP contribution in [-0.4, -0.2) is 28.5 Å². The zero-order valence-electron chi connectivity index (χ0n) is 11.1. The zero-order chi connectivity index (χ0) is 13.6. The van der Waals surface area contributed by atoms with Crippen LogP contribution < -0.4 is 0 Å². The van der Waals surface area contributed by atoms with Gasteiger partial charge in [0.15, 0.2) is 0 Å². The van der Waals surface area contributed by atoms with Gasteiger partial charge in [0.1, 0.15) is 0 Å². The van der Waals surface area contributed by atoms with Crippen molar-refractivity contribution in [3.63, 3.8) is 0 Å². The number of thioether (sulfide) groups is 1. The fraction of sp³-hybridized carbons (Fsp3) is 0.643. The molecule has 2 N–H and O–H groups in total. The van der Waals surface area contributed by atoms with E-state index in [4.69, 9.17) is 10.2 Å². The van der Waals surface area contributed by atoms with Gasteiger partial charge in [0, 0.05) is 11.3 Å². The molecule has 0 aliphatic rings. The molecule has 0 aromatic heterocycles. The van der Waals surface area contributed by atoms with Gasteiger partial charge in [0.25, 0.3) is 0 Å². The van der Waals surface area contributed by atoms with E-state index < -0.39 is 5.97 Å². The van der Waals surface area contributed by atoms with Crippen molar-refractivity contribution in [1.82, 2.24) is 0 Å². The number of carboxylic acid groups (broad SMARTS) is 1. The molecule has 0 heterocycles. The van der Waals surface area contributed by atoms with E-state index in [2.05, 4.69) is 0 Å². The molecule has 104 valence electrons. The minimum Gasteiger partial charge on any atom is -0.481 e. The van der Waals surface area contributed by atoms with Gasteiger partial charge in [-0.3, -0.25) is 4.79 Å². The van der Waals surface area contributed by atoms with Gasteiger partial charge in [-0.2, -0.15) is 0 Å². The van der Waals surface area contributed by atoms with Crippen LogP contribution >= 0.6 is 11.8 Å². The Morgan fingerprint density at radius 3 is 2.44 bits per heavy atom. The lowest BCUT2D eigenvalue weighted by atomic mass is 10.1. The summed E-state index contributed by atoms with van der Waals surface area (Å²) < 4.78 is 0. The standard InChI is InChI=1S/C14H24O3S/c1-2-8-13(10-11-15)18-12-7-5-3-4-6-9-14(16)17/h2,8,10,15H,3-7,9,11-12H2,1H3,(H,16,17)/b8-2-,13-10+. The summed E-state index contributed by atoms with van der Waals surface area (Å²) in [5.74, 6) is 0.352. The third-order valence-electron chi connectivity index (χ3n) is 2.43. The number of aliphatic carboxylic acids is 1. The van der Waals surface area contributed by atoms with Crippen molar-refractivity contribution in [3.8, 4) is 0 Å². The van der Waals surface area contributed by atoms with Crippen LogP contribution in [0.15, 0.2) is 23.1 Å². The number of carbonyl (C=O) groups is 1. The summed E-state index contributed by atoms with van der Waals surface area (Å²) in [5.41, 5.74) is 0. The lowest BCUT2D eigenvalue weighted by molar-refractivity contribution is -0.137. The Morgan fingerprint density at radius 1 is 1.17 bits per heavy atom. The fourth-order valence-corrected chi connectivity index (χ4v) is 2.54. The Kier molecular flexibility index (Phi) is 12.2. The molecule has 0 aliphatic heterocycles. The van der Waals surface area contributed by atoms with E-state index in [1.165, 1.54) is 0 Å². The van der Waals surface area contributed by atoms with Crippen LogP contribution in [0.2, 0.25) is 0 Å². The number of allylic oxidation sites excluding steroid dienone is 2. The van der Waals surface area contributed by atoms with Gasteiger partial charge < -0.3 is 10.2 Å². The van der Waals surface area contributed by atoms with E-state index in [0.717, 1.165) is 42.8 Å². The molecule has 0 fully saturated rings. The first-order chi connectivity index (χ1) is 8.70. The SMILES string of the molecule is C/C=C\C(=C/CO)SCCCCCCCC(=O)O. The third-order valence-corrected chi connectivity index (χ3v) is 3.56. The Morgan fingerprint density at radius 2 is 1.83 bits per heavy atom. The van der Waals surface area contributed by atoms with Gasteiger partial charge in [0.05, 0.1) is 6.61 Å². The van der Waals surface area contributed by atoms with Crippen LogP contribution in [0.25, 0.3) is 0 Å². The van der Waals surface area contributed by atoms with E-state index in [-0.39, 0.29) is 6.61 Å². The lowest BCUT2D eigenvalue weighted by Crippen LogP contribution is -1.93. The molecule has 0 radical (unpaired) electrons. The molecule has 0 amide bonds. The second-order valence-electron chi connectivity index (χ2n) is 4.05. The highest BCUT2D eigenvalue weighted by molar-refractivity contribution is 8.03. The van der Waals surface area contributed by atoms with Crippen molar-refractivity contribution < 1.29 is 15.0 Å². The van der Waals surface area contributed by atoms with Crippen molar-refractivity contribution in [1.29, 1.82) is 0 Å². The second kappa shape index (κ2) is 12.7. The van der Waals surface area contributed by atoms with Crippen molar-refractivity contribution in [2.24, 2.45) is 0 Å². The number of rotatable bonds is 11. The Hall–Kier alpha value is -0.740. The maximum absolute atomic E-state index is 10.3. The highest BCUT2D eigenvalue weighted by Crippen LogP contribution is 2.19. The minimum absolute atomic E-state index is 0.0852. The molecule has 0 rings (SSSR count). The number of aliphatic hydroxyl groups is 1. The van der Waals surface area contributed by atoms with Crippen molar-refractivity contribution in [3.05, 3.63) is 23.1 Å². The molecule has 18 heavy (non-hydrogen) atoms. The zero-order valence-corrected chi connectivity index (χ0v) is 11.9. The van der Waals surface area contributed by atoms with Crippen LogP contribution in [0.4, 0.5) is 0 Å². The molecular formula is C14H24O3S. The quantitative estimate of drug-likeness (QED) is 0.446. The van der Waals surface area contributed by atoms with E-state index >= 15 is 0 Å². The summed E-state index contributed by atoms with van der Waals surface area (Å²) in [4.78, 5) is 11.4. The molecular weight excluding hydrogens is 248 g/mol. The summed E-state index contributed by atoms with van der Waals surface area (Å²) in [5, 5.41) is 17.3. The van der Waals surface area contributed by atoms with Gasteiger partial charge in [-0.05, 0) is 31.6 Å². The molecule has 0 aromatic carbocycles. The van der Waals surface area contributed by atoms with Crippen LogP contribution in [0.5, 0.6) is 0 Å². The monoisotopic (exact) mass is 272 g/mol. The fourth-order valence-electron chi connectivity index (χ4n) is 1.53. The van der Waals surface area contributed by atoms with E-state index in [0.29, 0.717) is 6.42 Å². The highest BCUT2D eigenvalue weighted by Gasteiger charge is 1.97. The molecule has 0 saturated heterocycles.